The summed E-state index contributed by atoms with van der Waals surface area (Å²) in [5.41, 5.74) is 4.90. The van der Waals surface area contributed by atoms with Crippen molar-refractivity contribution in [2.24, 2.45) is 51.2 Å². The molecular formula is C35H54. The molecule has 0 spiro atoms. The van der Waals surface area contributed by atoms with Gasteiger partial charge in [0.1, 0.15) is 0 Å². The second-order valence-corrected chi connectivity index (χ2v) is 15.3. The molecule has 0 heterocycles. The van der Waals surface area contributed by atoms with Crippen molar-refractivity contribution in [1.29, 1.82) is 0 Å². The molecule has 0 nitrogen and oxygen atoms in total. The Labute approximate surface area is 217 Å². The Morgan fingerprint density at radius 3 is 2.17 bits per heavy atom. The van der Waals surface area contributed by atoms with E-state index in [1.165, 1.54) is 68.9 Å². The van der Waals surface area contributed by atoms with E-state index < -0.39 is 0 Å². The molecule has 0 unspecified atom stereocenters. The van der Waals surface area contributed by atoms with Crippen LogP contribution in [0.25, 0.3) is 0 Å². The molecule has 0 radical (unpaired) electrons. The number of aryl methyl sites for hydroxylation is 1. The fourth-order valence-electron chi connectivity index (χ4n) is 11.0. The minimum Gasteiger partial charge on any atom is -0.0851 e. The first-order valence-corrected chi connectivity index (χ1v) is 15.2. The van der Waals surface area contributed by atoms with Crippen LogP contribution in [0.1, 0.15) is 123 Å². The maximum absolute atomic E-state index is 2.75. The van der Waals surface area contributed by atoms with Crippen LogP contribution in [-0.4, -0.2) is 0 Å². The van der Waals surface area contributed by atoms with E-state index >= 15 is 0 Å². The van der Waals surface area contributed by atoms with Gasteiger partial charge in [0.25, 0.3) is 0 Å². The van der Waals surface area contributed by atoms with Crippen molar-refractivity contribution in [3.8, 4) is 0 Å². The topological polar surface area (TPSA) is 0 Å². The van der Waals surface area contributed by atoms with E-state index in [9.17, 15) is 0 Å². The summed E-state index contributed by atoms with van der Waals surface area (Å²) >= 11 is 0. The van der Waals surface area contributed by atoms with Crippen LogP contribution in [0.4, 0.5) is 0 Å². The fraction of sp³-hybridized carbons (Fsp3) is 0.771. The summed E-state index contributed by atoms with van der Waals surface area (Å²) in [5.74, 6) is 4.76. The lowest BCUT2D eigenvalue weighted by molar-refractivity contribution is -0.193. The van der Waals surface area contributed by atoms with Crippen LogP contribution in [0.3, 0.4) is 0 Å². The third-order valence-corrected chi connectivity index (χ3v) is 12.9. The largest absolute Gasteiger partial charge is 0.0851 e. The highest BCUT2D eigenvalue weighted by molar-refractivity contribution is 5.25. The van der Waals surface area contributed by atoms with Crippen molar-refractivity contribution in [2.45, 2.75) is 119 Å². The molecule has 1 aromatic carbocycles. The molecule has 0 amide bonds. The van der Waals surface area contributed by atoms with E-state index in [4.69, 9.17) is 0 Å². The third kappa shape index (κ3) is 3.99. The Morgan fingerprint density at radius 1 is 0.800 bits per heavy atom. The van der Waals surface area contributed by atoms with E-state index in [1.54, 1.807) is 0 Å². The van der Waals surface area contributed by atoms with E-state index in [1.807, 2.05) is 0 Å². The van der Waals surface area contributed by atoms with Crippen LogP contribution in [-0.2, 0) is 0 Å². The van der Waals surface area contributed by atoms with Gasteiger partial charge >= 0.3 is 0 Å². The maximum atomic E-state index is 2.75. The lowest BCUT2D eigenvalue weighted by Crippen LogP contribution is -2.62. The standard InChI is InChI=1S/C35H54/c1-24-10-14-27(15-11-24)25(2)12-16-28-26(3)13-17-30-33(28,6)22-19-31-34(7)21-9-20-32(4,5)29(34)18-23-35(30,31)8/h10-11,13-15,17,25-26,28-31H,9,12,16,18-23H2,1-8H3/t25-,26-,28+,29+,30-,31-,33-,34+,35+/m1/s1. The van der Waals surface area contributed by atoms with E-state index in [2.05, 4.69) is 91.8 Å². The van der Waals surface area contributed by atoms with Crippen molar-refractivity contribution < 1.29 is 0 Å². The van der Waals surface area contributed by atoms with Crippen LogP contribution in [0, 0.1) is 58.2 Å². The van der Waals surface area contributed by atoms with Crippen LogP contribution >= 0.6 is 0 Å². The minimum atomic E-state index is 0.458. The predicted octanol–water partition coefficient (Wildman–Crippen LogP) is 10.4. The normalized spacial score (nSPS) is 45.2. The molecule has 1 aromatic rings. The second kappa shape index (κ2) is 8.77. The van der Waals surface area contributed by atoms with Gasteiger partial charge in [-0.1, -0.05) is 96.9 Å². The monoisotopic (exact) mass is 474 g/mol. The first kappa shape index (κ1) is 25.6. The summed E-state index contributed by atoms with van der Waals surface area (Å²) in [6.45, 7) is 20.6. The Bertz CT molecular complexity index is 935. The Hall–Kier alpha value is -1.04. The van der Waals surface area contributed by atoms with Gasteiger partial charge in [0.2, 0.25) is 0 Å². The summed E-state index contributed by atoms with van der Waals surface area (Å²) in [4.78, 5) is 0. The molecule has 3 saturated carbocycles. The highest BCUT2D eigenvalue weighted by atomic mass is 14.7. The first-order valence-electron chi connectivity index (χ1n) is 15.2. The molecule has 35 heavy (non-hydrogen) atoms. The molecule has 9 atom stereocenters. The van der Waals surface area contributed by atoms with Crippen molar-refractivity contribution in [1.82, 2.24) is 0 Å². The molecule has 0 N–H and O–H groups in total. The Kier molecular flexibility index (Phi) is 6.42. The molecule has 4 aliphatic carbocycles. The average Bonchev–Trinajstić information content (AvgIpc) is 2.77. The van der Waals surface area contributed by atoms with E-state index in [0.29, 0.717) is 33.5 Å². The summed E-state index contributed by atoms with van der Waals surface area (Å²) in [6.07, 6.45) is 18.3. The van der Waals surface area contributed by atoms with Crippen molar-refractivity contribution in [3.05, 3.63) is 47.5 Å². The SMILES string of the molecule is Cc1ccc([C@H](C)CC[C@H]2[C@H](C)C=C[C@H]3[C@]4(C)CC[C@H]5C(C)(C)CCC[C@]5(C)[C@H]4CC[C@@]32C)cc1. The third-order valence-electron chi connectivity index (χ3n) is 12.9. The number of rotatable bonds is 4. The highest BCUT2D eigenvalue weighted by Gasteiger charge is 2.65. The van der Waals surface area contributed by atoms with Crippen molar-refractivity contribution in [3.63, 3.8) is 0 Å². The molecular weight excluding hydrogens is 420 g/mol. The average molecular weight is 475 g/mol. The summed E-state index contributed by atoms with van der Waals surface area (Å²) < 4.78 is 0. The molecule has 4 aliphatic rings. The smallest absolute Gasteiger partial charge is 0.0120 e. The van der Waals surface area contributed by atoms with Crippen LogP contribution < -0.4 is 0 Å². The number of fused-ring (bicyclic) bond motifs is 5. The van der Waals surface area contributed by atoms with Crippen LogP contribution in [0.15, 0.2) is 36.4 Å². The van der Waals surface area contributed by atoms with Gasteiger partial charge in [0, 0.05) is 0 Å². The summed E-state index contributed by atoms with van der Waals surface area (Å²) in [6, 6.07) is 9.32. The van der Waals surface area contributed by atoms with E-state index in [0.717, 1.165) is 23.7 Å². The lowest BCUT2D eigenvalue weighted by atomic mass is 9.35. The number of hydrogen-bond donors (Lipinski definition) is 0. The maximum Gasteiger partial charge on any atom is -0.0120 e. The molecule has 3 fully saturated rings. The molecule has 0 bridgehead atoms. The van der Waals surface area contributed by atoms with Crippen molar-refractivity contribution in [2.75, 3.05) is 0 Å². The summed E-state index contributed by atoms with van der Waals surface area (Å²) in [7, 11) is 0. The van der Waals surface area contributed by atoms with Crippen LogP contribution in [0.5, 0.6) is 0 Å². The van der Waals surface area contributed by atoms with Gasteiger partial charge < -0.3 is 0 Å². The van der Waals surface area contributed by atoms with Crippen molar-refractivity contribution >= 4 is 0 Å². The second-order valence-electron chi connectivity index (χ2n) is 15.3. The number of benzene rings is 1. The number of allylic oxidation sites excluding steroid dienone is 2. The minimum absolute atomic E-state index is 0.458. The molecule has 0 heteroatoms. The molecule has 5 rings (SSSR count). The Balaban J connectivity index is 1.39. The summed E-state index contributed by atoms with van der Waals surface area (Å²) in [5, 5.41) is 0. The lowest BCUT2D eigenvalue weighted by Gasteiger charge is -2.69. The van der Waals surface area contributed by atoms with E-state index in [-0.39, 0.29) is 0 Å². The van der Waals surface area contributed by atoms with Crippen LogP contribution in [0.2, 0.25) is 0 Å². The Morgan fingerprint density at radius 2 is 1.46 bits per heavy atom. The van der Waals surface area contributed by atoms with Gasteiger partial charge in [-0.05, 0) is 121 Å². The number of hydrogen-bond acceptors (Lipinski definition) is 0. The molecule has 0 saturated heterocycles. The first-order chi connectivity index (χ1) is 16.4. The fourth-order valence-corrected chi connectivity index (χ4v) is 11.0. The molecule has 194 valence electrons. The highest BCUT2D eigenvalue weighted by Crippen LogP contribution is 2.73. The zero-order valence-electron chi connectivity index (χ0n) is 24.3. The predicted molar refractivity (Wildman–Crippen MR) is 152 cm³/mol. The zero-order chi connectivity index (χ0) is 25.2. The molecule has 0 aromatic heterocycles. The zero-order valence-corrected chi connectivity index (χ0v) is 24.3. The van der Waals surface area contributed by atoms with Gasteiger partial charge in [-0.25, -0.2) is 0 Å². The van der Waals surface area contributed by atoms with Gasteiger partial charge in [-0.3, -0.25) is 0 Å². The van der Waals surface area contributed by atoms with Gasteiger partial charge in [0.05, 0.1) is 0 Å². The quantitative estimate of drug-likeness (QED) is 0.381. The van der Waals surface area contributed by atoms with Gasteiger partial charge in [0.15, 0.2) is 0 Å². The van der Waals surface area contributed by atoms with Gasteiger partial charge in [-0.15, -0.1) is 0 Å². The molecule has 0 aliphatic heterocycles. The van der Waals surface area contributed by atoms with Gasteiger partial charge in [-0.2, -0.15) is 0 Å².